The Morgan fingerprint density at radius 1 is 1.24 bits per heavy atom. The van der Waals surface area contributed by atoms with Gasteiger partial charge in [0, 0.05) is 12.6 Å². The van der Waals surface area contributed by atoms with E-state index in [-0.39, 0.29) is 24.0 Å². The first kappa shape index (κ1) is 17.8. The maximum atomic E-state index is 11.9. The van der Waals surface area contributed by atoms with E-state index in [9.17, 15) is 14.7 Å². The van der Waals surface area contributed by atoms with Crippen molar-refractivity contribution < 1.29 is 14.7 Å². The number of hydrogen-bond donors (Lipinski definition) is 3. The summed E-state index contributed by atoms with van der Waals surface area (Å²) >= 11 is 0. The highest BCUT2D eigenvalue weighted by molar-refractivity contribution is 5.76. The zero-order valence-corrected chi connectivity index (χ0v) is 13.7. The Kier molecular flexibility index (Phi) is 6.49. The molecule has 2 amide bonds. The molecule has 5 heteroatoms. The Balaban J connectivity index is 2.37. The largest absolute Gasteiger partial charge is 0.481 e. The molecule has 0 heterocycles. The van der Waals surface area contributed by atoms with E-state index >= 15 is 0 Å². The van der Waals surface area contributed by atoms with E-state index in [1.165, 1.54) is 25.7 Å². The van der Waals surface area contributed by atoms with Crippen LogP contribution < -0.4 is 10.6 Å². The number of urea groups is 1. The Bertz CT molecular complexity index is 357. The second kappa shape index (κ2) is 7.66. The molecule has 0 saturated heterocycles. The van der Waals surface area contributed by atoms with Crippen LogP contribution in [0, 0.1) is 17.3 Å². The molecule has 2 atom stereocenters. The van der Waals surface area contributed by atoms with Gasteiger partial charge in [0.25, 0.3) is 0 Å². The van der Waals surface area contributed by atoms with Gasteiger partial charge in [-0.1, -0.05) is 33.6 Å². The van der Waals surface area contributed by atoms with Crippen molar-refractivity contribution in [2.75, 3.05) is 6.54 Å². The van der Waals surface area contributed by atoms with Gasteiger partial charge in [0.05, 0.1) is 5.92 Å². The molecule has 5 nitrogen and oxygen atoms in total. The molecule has 2 unspecified atom stereocenters. The van der Waals surface area contributed by atoms with E-state index in [0.29, 0.717) is 12.3 Å². The number of carbonyl (C=O) groups is 2. The lowest BCUT2D eigenvalue weighted by Gasteiger charge is -2.24. The van der Waals surface area contributed by atoms with Crippen LogP contribution >= 0.6 is 0 Å². The standard InChI is InChI=1S/C16H30N2O3/c1-11(12-7-5-6-8-12)18-15(21)17-10-13(14(19)20)9-16(2,3)4/h11-13H,5-10H2,1-4H3,(H,19,20)(H2,17,18,21). The van der Waals surface area contributed by atoms with Crippen molar-refractivity contribution in [1.82, 2.24) is 10.6 Å². The molecule has 0 aromatic carbocycles. The Labute approximate surface area is 127 Å². The van der Waals surface area contributed by atoms with Crippen molar-refractivity contribution in [3.8, 4) is 0 Å². The van der Waals surface area contributed by atoms with E-state index in [1.54, 1.807) is 0 Å². The minimum atomic E-state index is -0.853. The Morgan fingerprint density at radius 3 is 2.29 bits per heavy atom. The van der Waals surface area contributed by atoms with Gasteiger partial charge < -0.3 is 15.7 Å². The molecule has 1 saturated carbocycles. The monoisotopic (exact) mass is 298 g/mol. The number of carbonyl (C=O) groups excluding carboxylic acids is 1. The fraction of sp³-hybridized carbons (Fsp3) is 0.875. The van der Waals surface area contributed by atoms with Gasteiger partial charge in [-0.3, -0.25) is 4.79 Å². The molecule has 21 heavy (non-hydrogen) atoms. The molecule has 0 spiro atoms. The number of hydrogen-bond acceptors (Lipinski definition) is 2. The second-order valence-corrected chi connectivity index (χ2v) is 7.49. The van der Waals surface area contributed by atoms with Gasteiger partial charge in [0.15, 0.2) is 0 Å². The van der Waals surface area contributed by atoms with Crippen molar-refractivity contribution in [3.05, 3.63) is 0 Å². The number of rotatable bonds is 6. The van der Waals surface area contributed by atoms with E-state index in [1.807, 2.05) is 27.7 Å². The summed E-state index contributed by atoms with van der Waals surface area (Å²) in [6.07, 6.45) is 5.36. The van der Waals surface area contributed by atoms with Gasteiger partial charge in [-0.05, 0) is 37.5 Å². The van der Waals surface area contributed by atoms with E-state index in [0.717, 1.165) is 0 Å². The number of carboxylic acid groups (broad SMARTS) is 1. The first-order chi connectivity index (χ1) is 9.69. The third-order valence-corrected chi connectivity index (χ3v) is 4.18. The smallest absolute Gasteiger partial charge is 0.315 e. The number of aliphatic carboxylic acids is 1. The van der Waals surface area contributed by atoms with Crippen molar-refractivity contribution in [3.63, 3.8) is 0 Å². The maximum absolute atomic E-state index is 11.9. The normalized spacial score (nSPS) is 19.0. The molecule has 3 N–H and O–H groups in total. The molecule has 122 valence electrons. The zero-order chi connectivity index (χ0) is 16.0. The highest BCUT2D eigenvalue weighted by Crippen LogP contribution is 2.27. The van der Waals surface area contributed by atoms with Crippen LogP contribution in [0.3, 0.4) is 0 Å². The van der Waals surface area contributed by atoms with Crippen molar-refractivity contribution in [2.24, 2.45) is 17.3 Å². The summed E-state index contributed by atoms with van der Waals surface area (Å²) in [6, 6.07) is -0.104. The summed E-state index contributed by atoms with van der Waals surface area (Å²) < 4.78 is 0. The summed E-state index contributed by atoms with van der Waals surface area (Å²) in [4.78, 5) is 23.1. The van der Waals surface area contributed by atoms with Gasteiger partial charge in [0.2, 0.25) is 0 Å². The van der Waals surface area contributed by atoms with Crippen LogP contribution in [-0.4, -0.2) is 29.7 Å². The van der Waals surface area contributed by atoms with Crippen molar-refractivity contribution in [2.45, 2.75) is 65.8 Å². The molecule has 1 rings (SSSR count). The summed E-state index contributed by atoms with van der Waals surface area (Å²) in [5.74, 6) is -0.841. The third-order valence-electron chi connectivity index (χ3n) is 4.18. The van der Waals surface area contributed by atoms with Crippen LogP contribution in [0.2, 0.25) is 0 Å². The Morgan fingerprint density at radius 2 is 1.81 bits per heavy atom. The minimum absolute atomic E-state index is 0.0711. The molecule has 0 aromatic rings. The average molecular weight is 298 g/mol. The molecular weight excluding hydrogens is 268 g/mol. The molecule has 0 radical (unpaired) electrons. The van der Waals surface area contributed by atoms with Crippen LogP contribution in [0.5, 0.6) is 0 Å². The molecule has 0 aromatic heterocycles. The summed E-state index contributed by atoms with van der Waals surface area (Å²) in [5.41, 5.74) is -0.0711. The molecule has 1 aliphatic carbocycles. The fourth-order valence-electron chi connectivity index (χ4n) is 3.03. The van der Waals surface area contributed by atoms with Crippen LogP contribution in [0.15, 0.2) is 0 Å². The van der Waals surface area contributed by atoms with Crippen molar-refractivity contribution >= 4 is 12.0 Å². The predicted molar refractivity (Wildman–Crippen MR) is 83.2 cm³/mol. The van der Waals surface area contributed by atoms with Gasteiger partial charge in [-0.2, -0.15) is 0 Å². The van der Waals surface area contributed by atoms with E-state index in [4.69, 9.17) is 0 Å². The summed E-state index contributed by atoms with van der Waals surface area (Å²) in [6.45, 7) is 8.22. The Hall–Kier alpha value is -1.26. The van der Waals surface area contributed by atoms with Crippen LogP contribution in [0.25, 0.3) is 0 Å². The molecule has 0 aliphatic heterocycles. The lowest BCUT2D eigenvalue weighted by molar-refractivity contribution is -0.142. The van der Waals surface area contributed by atoms with Crippen LogP contribution in [-0.2, 0) is 4.79 Å². The average Bonchev–Trinajstić information content (AvgIpc) is 2.86. The number of carboxylic acids is 1. The fourth-order valence-corrected chi connectivity index (χ4v) is 3.03. The highest BCUT2D eigenvalue weighted by atomic mass is 16.4. The second-order valence-electron chi connectivity index (χ2n) is 7.49. The van der Waals surface area contributed by atoms with Crippen LogP contribution in [0.4, 0.5) is 4.79 Å². The minimum Gasteiger partial charge on any atom is -0.481 e. The SMILES string of the molecule is CC(NC(=O)NCC(CC(C)(C)C)C(=O)O)C1CCCC1. The molecular formula is C16H30N2O3. The van der Waals surface area contributed by atoms with Crippen LogP contribution in [0.1, 0.15) is 59.8 Å². The predicted octanol–water partition coefficient (Wildman–Crippen LogP) is 3.00. The van der Waals surface area contributed by atoms with Gasteiger partial charge >= 0.3 is 12.0 Å². The van der Waals surface area contributed by atoms with E-state index in [2.05, 4.69) is 10.6 Å². The lowest BCUT2D eigenvalue weighted by atomic mass is 9.84. The molecule has 1 fully saturated rings. The van der Waals surface area contributed by atoms with Gasteiger partial charge in [-0.15, -0.1) is 0 Å². The summed E-state index contributed by atoms with van der Waals surface area (Å²) in [7, 11) is 0. The number of nitrogens with one attached hydrogen (secondary N) is 2. The third kappa shape index (κ3) is 6.82. The van der Waals surface area contributed by atoms with Crippen molar-refractivity contribution in [1.29, 1.82) is 0 Å². The maximum Gasteiger partial charge on any atom is 0.315 e. The molecule has 1 aliphatic rings. The molecule has 0 bridgehead atoms. The lowest BCUT2D eigenvalue weighted by Crippen LogP contribution is -2.46. The summed E-state index contributed by atoms with van der Waals surface area (Å²) in [5, 5.41) is 14.9. The first-order valence-corrected chi connectivity index (χ1v) is 7.96. The highest BCUT2D eigenvalue weighted by Gasteiger charge is 2.26. The van der Waals surface area contributed by atoms with Gasteiger partial charge in [-0.25, -0.2) is 4.79 Å². The topological polar surface area (TPSA) is 78.4 Å². The van der Waals surface area contributed by atoms with Gasteiger partial charge in [0.1, 0.15) is 0 Å². The first-order valence-electron chi connectivity index (χ1n) is 7.96. The van der Waals surface area contributed by atoms with E-state index < -0.39 is 11.9 Å². The quantitative estimate of drug-likeness (QED) is 0.705. The zero-order valence-electron chi connectivity index (χ0n) is 13.7. The number of amides is 2.